The number of nitrogens with one attached hydrogen (secondary N) is 1. The maximum Gasteiger partial charge on any atom is 0.325 e. The molecule has 3 rings (SSSR count). The normalized spacial score (nSPS) is 12.0. The second kappa shape index (κ2) is 17.7. The zero-order valence-corrected chi connectivity index (χ0v) is 21.7. The Morgan fingerprint density at radius 2 is 1.32 bits per heavy atom. The summed E-state index contributed by atoms with van der Waals surface area (Å²) in [5.74, 6) is -0.580. The molecule has 2 atom stereocenters. The van der Waals surface area contributed by atoms with Crippen molar-refractivity contribution in [3.8, 4) is 5.75 Å². The van der Waals surface area contributed by atoms with Crippen LogP contribution in [0.5, 0.6) is 5.75 Å². The van der Waals surface area contributed by atoms with Crippen LogP contribution in [0.1, 0.15) is 16.7 Å². The van der Waals surface area contributed by atoms with Crippen LogP contribution in [0.15, 0.2) is 84.9 Å². The molecule has 0 aliphatic rings. The number of ether oxygens (including phenoxy) is 4. The summed E-state index contributed by atoms with van der Waals surface area (Å²) in [5, 5.41) is 11.6. The first kappa shape index (κ1) is 30.5. The number of carbonyl (C=O) groups is 2. The van der Waals surface area contributed by atoms with E-state index < -0.39 is 18.1 Å². The average molecular weight is 525 g/mol. The van der Waals surface area contributed by atoms with Gasteiger partial charge in [-0.25, -0.2) is 0 Å². The van der Waals surface area contributed by atoms with E-state index in [0.717, 1.165) is 22.4 Å². The lowest BCUT2D eigenvalue weighted by Gasteiger charge is -2.17. The molecule has 0 aliphatic carbocycles. The topological polar surface area (TPSA) is 129 Å². The van der Waals surface area contributed by atoms with Crippen molar-refractivity contribution in [2.75, 3.05) is 27.4 Å². The number of rotatable bonds is 14. The highest BCUT2D eigenvalue weighted by molar-refractivity contribution is 5.75. The standard InChI is InChI=1S/C19H23NO4.C10H13NO3/c1-22-17-10-8-15(9-11-17)12-20-18(19(21)23-2)14-24-13-16-6-4-3-5-7-16;11-9(10(12)13)7-14-6-8-4-2-1-3-5-8/h3-11,18,20H,12-14H2,1-2H3;1-5,9H,6-7,11H2,(H,12,13)/t18-;9-/m00/s1. The van der Waals surface area contributed by atoms with Crippen molar-refractivity contribution in [2.24, 2.45) is 5.73 Å². The molecule has 9 heteroatoms. The van der Waals surface area contributed by atoms with Crippen LogP contribution in [0.4, 0.5) is 0 Å². The molecule has 0 unspecified atom stereocenters. The Morgan fingerprint density at radius 1 is 0.789 bits per heavy atom. The molecule has 0 heterocycles. The summed E-state index contributed by atoms with van der Waals surface area (Å²) in [6.45, 7) is 1.67. The molecule has 0 aromatic heterocycles. The zero-order chi connectivity index (χ0) is 27.6. The molecular formula is C29H36N2O7. The van der Waals surface area contributed by atoms with Gasteiger partial charge in [0, 0.05) is 6.54 Å². The monoisotopic (exact) mass is 524 g/mol. The average Bonchev–Trinajstić information content (AvgIpc) is 2.96. The van der Waals surface area contributed by atoms with E-state index in [1.165, 1.54) is 7.11 Å². The van der Waals surface area contributed by atoms with Crippen molar-refractivity contribution in [2.45, 2.75) is 31.8 Å². The molecule has 0 amide bonds. The predicted molar refractivity (Wildman–Crippen MR) is 143 cm³/mol. The minimum atomic E-state index is -1.04. The molecule has 0 saturated heterocycles. The Labute approximate surface area is 223 Å². The summed E-state index contributed by atoms with van der Waals surface area (Å²) >= 11 is 0. The maximum absolute atomic E-state index is 11.9. The summed E-state index contributed by atoms with van der Waals surface area (Å²) in [4.78, 5) is 22.2. The molecule has 3 aromatic carbocycles. The van der Waals surface area contributed by atoms with Crippen LogP contribution in [-0.4, -0.2) is 56.6 Å². The molecule has 3 aromatic rings. The lowest BCUT2D eigenvalue weighted by molar-refractivity contribution is -0.145. The highest BCUT2D eigenvalue weighted by Gasteiger charge is 2.19. The summed E-state index contributed by atoms with van der Waals surface area (Å²) in [6, 6.07) is 25.6. The van der Waals surface area contributed by atoms with Crippen molar-refractivity contribution >= 4 is 11.9 Å². The van der Waals surface area contributed by atoms with E-state index in [4.69, 9.17) is 29.8 Å². The van der Waals surface area contributed by atoms with Gasteiger partial charge in [0.25, 0.3) is 0 Å². The summed E-state index contributed by atoms with van der Waals surface area (Å²) in [5.41, 5.74) is 8.38. The highest BCUT2D eigenvalue weighted by atomic mass is 16.5. The minimum absolute atomic E-state index is 0.0320. The first-order valence-electron chi connectivity index (χ1n) is 12.1. The van der Waals surface area contributed by atoms with Gasteiger partial charge >= 0.3 is 11.9 Å². The molecule has 4 N–H and O–H groups in total. The van der Waals surface area contributed by atoms with Gasteiger partial charge in [-0.05, 0) is 28.8 Å². The van der Waals surface area contributed by atoms with Crippen LogP contribution < -0.4 is 15.8 Å². The first-order valence-corrected chi connectivity index (χ1v) is 12.1. The van der Waals surface area contributed by atoms with Gasteiger partial charge in [-0.15, -0.1) is 0 Å². The number of benzene rings is 3. The van der Waals surface area contributed by atoms with E-state index in [1.807, 2.05) is 84.9 Å². The third-order valence-electron chi connectivity index (χ3n) is 5.32. The van der Waals surface area contributed by atoms with E-state index >= 15 is 0 Å². The molecule has 9 nitrogen and oxygen atoms in total. The van der Waals surface area contributed by atoms with Gasteiger partial charge in [0.1, 0.15) is 17.8 Å². The largest absolute Gasteiger partial charge is 0.497 e. The smallest absolute Gasteiger partial charge is 0.325 e. The number of nitrogens with two attached hydrogens (primary N) is 1. The Balaban J connectivity index is 0.000000308. The number of hydrogen-bond acceptors (Lipinski definition) is 8. The number of carboxylic acid groups (broad SMARTS) is 1. The van der Waals surface area contributed by atoms with Gasteiger partial charge in [-0.2, -0.15) is 0 Å². The summed E-state index contributed by atoms with van der Waals surface area (Å²) < 4.78 is 20.8. The van der Waals surface area contributed by atoms with Crippen molar-refractivity contribution in [1.29, 1.82) is 0 Å². The van der Waals surface area contributed by atoms with Crippen LogP contribution in [0.2, 0.25) is 0 Å². The second-order valence-corrected chi connectivity index (χ2v) is 8.25. The molecule has 0 radical (unpaired) electrons. The van der Waals surface area contributed by atoms with E-state index in [9.17, 15) is 9.59 Å². The SMILES string of the molecule is COC(=O)[C@H](COCc1ccccc1)NCc1ccc(OC)cc1.N[C@@H](COCc1ccccc1)C(=O)O. The van der Waals surface area contributed by atoms with Gasteiger partial charge in [-0.1, -0.05) is 72.8 Å². The Kier molecular flexibility index (Phi) is 14.2. The number of aliphatic carboxylic acids is 1. The van der Waals surface area contributed by atoms with Crippen LogP contribution in [0.25, 0.3) is 0 Å². The number of hydrogen-bond donors (Lipinski definition) is 3. The number of carbonyl (C=O) groups excluding carboxylic acids is 1. The zero-order valence-electron chi connectivity index (χ0n) is 21.7. The first-order chi connectivity index (χ1) is 18.4. The molecule has 38 heavy (non-hydrogen) atoms. The van der Waals surface area contributed by atoms with Crippen molar-refractivity contribution in [3.05, 3.63) is 102 Å². The van der Waals surface area contributed by atoms with E-state index in [0.29, 0.717) is 19.8 Å². The Hall–Kier alpha value is -3.76. The van der Waals surface area contributed by atoms with Gasteiger partial charge in [0.05, 0.1) is 40.6 Å². The van der Waals surface area contributed by atoms with E-state index in [2.05, 4.69) is 5.32 Å². The van der Waals surface area contributed by atoms with Gasteiger partial charge in [0.2, 0.25) is 0 Å². The van der Waals surface area contributed by atoms with Crippen LogP contribution in [-0.2, 0) is 43.6 Å². The highest BCUT2D eigenvalue weighted by Crippen LogP contribution is 2.11. The fraction of sp³-hybridized carbons (Fsp3) is 0.310. The third-order valence-corrected chi connectivity index (χ3v) is 5.32. The fourth-order valence-electron chi connectivity index (χ4n) is 3.16. The molecule has 0 saturated carbocycles. The Morgan fingerprint density at radius 3 is 1.79 bits per heavy atom. The van der Waals surface area contributed by atoms with Gasteiger partial charge in [0.15, 0.2) is 0 Å². The molecule has 0 spiro atoms. The van der Waals surface area contributed by atoms with Gasteiger partial charge < -0.3 is 29.8 Å². The van der Waals surface area contributed by atoms with Gasteiger partial charge in [-0.3, -0.25) is 14.9 Å². The second-order valence-electron chi connectivity index (χ2n) is 8.25. The van der Waals surface area contributed by atoms with Crippen LogP contribution in [0.3, 0.4) is 0 Å². The van der Waals surface area contributed by atoms with Crippen molar-refractivity contribution < 1.29 is 33.6 Å². The number of carboxylic acids is 1. The third kappa shape index (κ3) is 12.0. The lowest BCUT2D eigenvalue weighted by atomic mass is 10.2. The maximum atomic E-state index is 11.9. The number of methoxy groups -OCH3 is 2. The molecule has 0 fully saturated rings. The summed E-state index contributed by atoms with van der Waals surface area (Å²) in [6.07, 6.45) is 0. The van der Waals surface area contributed by atoms with Crippen LogP contribution >= 0.6 is 0 Å². The quantitative estimate of drug-likeness (QED) is 0.272. The van der Waals surface area contributed by atoms with Crippen molar-refractivity contribution in [1.82, 2.24) is 5.32 Å². The molecule has 0 bridgehead atoms. The number of esters is 1. The summed E-state index contributed by atoms with van der Waals surface area (Å²) in [7, 11) is 3.01. The van der Waals surface area contributed by atoms with E-state index in [-0.39, 0.29) is 19.2 Å². The lowest BCUT2D eigenvalue weighted by Crippen LogP contribution is -2.41. The molecular weight excluding hydrogens is 488 g/mol. The van der Waals surface area contributed by atoms with Crippen LogP contribution in [0, 0.1) is 0 Å². The molecule has 204 valence electrons. The van der Waals surface area contributed by atoms with Crippen molar-refractivity contribution in [3.63, 3.8) is 0 Å². The minimum Gasteiger partial charge on any atom is -0.497 e. The Bertz CT molecular complexity index is 1060. The predicted octanol–water partition coefficient (Wildman–Crippen LogP) is 3.16. The molecule has 0 aliphatic heterocycles. The fourth-order valence-corrected chi connectivity index (χ4v) is 3.16. The van der Waals surface area contributed by atoms with E-state index in [1.54, 1.807) is 7.11 Å².